The highest BCUT2D eigenvalue weighted by Gasteiger charge is 2.33. The number of nitro groups is 1. The minimum Gasteiger partial charge on any atom is -0.444 e. The van der Waals surface area contributed by atoms with Crippen LogP contribution in [0.5, 0.6) is 0 Å². The molecule has 0 aliphatic carbocycles. The quantitative estimate of drug-likeness (QED) is 0.616. The van der Waals surface area contributed by atoms with Gasteiger partial charge in [-0.1, -0.05) is 0 Å². The molecule has 1 aliphatic rings. The van der Waals surface area contributed by atoms with Crippen LogP contribution >= 0.6 is 0 Å². The minimum atomic E-state index is -1.42. The molecule has 1 amide bonds. The van der Waals surface area contributed by atoms with E-state index in [1.54, 1.807) is 20.8 Å². The van der Waals surface area contributed by atoms with Gasteiger partial charge in [0.2, 0.25) is 0 Å². The van der Waals surface area contributed by atoms with Gasteiger partial charge < -0.3 is 9.64 Å². The molecule has 1 aromatic heterocycles. The number of pyridine rings is 1. The van der Waals surface area contributed by atoms with Crippen LogP contribution in [0.2, 0.25) is 0 Å². The number of ether oxygens (including phenoxy) is 1. The SMILES string of the molecule is CC(C)(C)OC(=O)N1CC[C@@H]([S@](=O)c2ccc([N+](=O)[O-])cn2)C1. The van der Waals surface area contributed by atoms with E-state index in [4.69, 9.17) is 4.74 Å². The summed E-state index contributed by atoms with van der Waals surface area (Å²) in [5.41, 5.74) is -0.721. The van der Waals surface area contributed by atoms with E-state index < -0.39 is 27.4 Å². The molecular formula is C14H19N3O5S. The molecule has 126 valence electrons. The number of likely N-dealkylation sites (tertiary alicyclic amines) is 1. The van der Waals surface area contributed by atoms with Gasteiger partial charge in [0.1, 0.15) is 16.8 Å². The van der Waals surface area contributed by atoms with E-state index in [9.17, 15) is 19.1 Å². The van der Waals surface area contributed by atoms with Crippen molar-refractivity contribution in [2.45, 2.75) is 43.1 Å². The number of rotatable bonds is 3. The first kappa shape index (κ1) is 17.3. The Hall–Kier alpha value is -2.03. The molecule has 2 heterocycles. The monoisotopic (exact) mass is 341 g/mol. The smallest absolute Gasteiger partial charge is 0.410 e. The van der Waals surface area contributed by atoms with Crippen LogP contribution in [-0.2, 0) is 15.5 Å². The summed E-state index contributed by atoms with van der Waals surface area (Å²) in [6.45, 7) is 6.16. The maximum Gasteiger partial charge on any atom is 0.410 e. The molecule has 1 saturated heterocycles. The fourth-order valence-electron chi connectivity index (χ4n) is 2.17. The van der Waals surface area contributed by atoms with Gasteiger partial charge in [-0.3, -0.25) is 14.3 Å². The van der Waals surface area contributed by atoms with E-state index in [1.165, 1.54) is 17.0 Å². The zero-order valence-electron chi connectivity index (χ0n) is 13.2. The summed E-state index contributed by atoms with van der Waals surface area (Å²) in [5.74, 6) is 0. The molecule has 0 radical (unpaired) electrons. The van der Waals surface area contributed by atoms with Gasteiger partial charge in [0.05, 0.1) is 21.0 Å². The van der Waals surface area contributed by atoms with Gasteiger partial charge in [-0.05, 0) is 33.3 Å². The summed E-state index contributed by atoms with van der Waals surface area (Å²) in [7, 11) is -1.42. The molecule has 0 unspecified atom stereocenters. The number of carbonyl (C=O) groups is 1. The van der Waals surface area contributed by atoms with Gasteiger partial charge in [-0.2, -0.15) is 0 Å². The Kier molecular flexibility index (Phi) is 4.98. The molecule has 2 atom stereocenters. The maximum absolute atomic E-state index is 12.5. The van der Waals surface area contributed by atoms with Crippen LogP contribution in [0.1, 0.15) is 27.2 Å². The van der Waals surface area contributed by atoms with Crippen molar-refractivity contribution in [3.8, 4) is 0 Å². The lowest BCUT2D eigenvalue weighted by Gasteiger charge is -2.24. The van der Waals surface area contributed by atoms with Gasteiger partial charge in [-0.15, -0.1) is 0 Å². The largest absolute Gasteiger partial charge is 0.444 e. The van der Waals surface area contributed by atoms with E-state index in [0.717, 1.165) is 6.20 Å². The third kappa shape index (κ3) is 4.47. The zero-order chi connectivity index (χ0) is 17.2. The minimum absolute atomic E-state index is 0.146. The van der Waals surface area contributed by atoms with Gasteiger partial charge in [0.15, 0.2) is 0 Å². The number of nitrogens with zero attached hydrogens (tertiary/aromatic N) is 3. The van der Waals surface area contributed by atoms with Crippen molar-refractivity contribution in [2.75, 3.05) is 13.1 Å². The van der Waals surface area contributed by atoms with Crippen molar-refractivity contribution < 1.29 is 18.7 Å². The first-order chi connectivity index (χ1) is 10.7. The van der Waals surface area contributed by atoms with Crippen molar-refractivity contribution in [2.24, 2.45) is 0 Å². The molecular weight excluding hydrogens is 322 g/mol. The lowest BCUT2D eigenvalue weighted by Crippen LogP contribution is -2.36. The Morgan fingerprint density at radius 3 is 2.70 bits per heavy atom. The highest BCUT2D eigenvalue weighted by atomic mass is 32.2. The van der Waals surface area contributed by atoms with E-state index in [0.29, 0.717) is 19.5 Å². The van der Waals surface area contributed by atoms with Crippen LogP contribution in [0, 0.1) is 10.1 Å². The average molecular weight is 341 g/mol. The predicted octanol–water partition coefficient (Wildman–Crippen LogP) is 2.11. The number of hydrogen-bond donors (Lipinski definition) is 0. The Balaban J connectivity index is 1.99. The van der Waals surface area contributed by atoms with E-state index >= 15 is 0 Å². The third-order valence-electron chi connectivity index (χ3n) is 3.24. The molecule has 0 aromatic carbocycles. The lowest BCUT2D eigenvalue weighted by molar-refractivity contribution is -0.385. The van der Waals surface area contributed by atoms with Crippen LogP contribution in [0.15, 0.2) is 23.4 Å². The Morgan fingerprint density at radius 1 is 1.48 bits per heavy atom. The molecule has 2 rings (SSSR count). The third-order valence-corrected chi connectivity index (χ3v) is 4.88. The summed E-state index contributed by atoms with van der Waals surface area (Å²) in [5, 5.41) is 10.6. The van der Waals surface area contributed by atoms with Crippen LogP contribution in [0.4, 0.5) is 10.5 Å². The summed E-state index contributed by atoms with van der Waals surface area (Å²) in [6.07, 6.45) is 1.24. The Bertz CT molecular complexity index is 626. The molecule has 0 bridgehead atoms. The van der Waals surface area contributed by atoms with Crippen molar-refractivity contribution in [1.82, 2.24) is 9.88 Å². The maximum atomic E-state index is 12.5. The van der Waals surface area contributed by atoms with Crippen LogP contribution in [0.3, 0.4) is 0 Å². The predicted molar refractivity (Wildman–Crippen MR) is 83.5 cm³/mol. The van der Waals surface area contributed by atoms with Gasteiger partial charge in [0.25, 0.3) is 5.69 Å². The molecule has 1 aliphatic heterocycles. The van der Waals surface area contributed by atoms with E-state index in [1.807, 2.05) is 0 Å². The molecule has 8 nitrogen and oxygen atoms in total. The summed E-state index contributed by atoms with van der Waals surface area (Å²) < 4.78 is 17.8. The topological polar surface area (TPSA) is 103 Å². The van der Waals surface area contributed by atoms with Gasteiger partial charge in [0, 0.05) is 19.2 Å². The second kappa shape index (κ2) is 6.61. The fraction of sp³-hybridized carbons (Fsp3) is 0.571. The van der Waals surface area contributed by atoms with Crippen LogP contribution < -0.4 is 0 Å². The number of amides is 1. The van der Waals surface area contributed by atoms with Gasteiger partial charge in [-0.25, -0.2) is 9.78 Å². The van der Waals surface area contributed by atoms with Crippen molar-refractivity contribution >= 4 is 22.6 Å². The second-order valence-corrected chi connectivity index (χ2v) is 7.93. The molecule has 0 N–H and O–H groups in total. The average Bonchev–Trinajstić information content (AvgIpc) is 2.94. The molecule has 0 saturated carbocycles. The zero-order valence-corrected chi connectivity index (χ0v) is 14.0. The first-order valence-corrected chi connectivity index (χ1v) is 8.37. The van der Waals surface area contributed by atoms with Gasteiger partial charge >= 0.3 is 6.09 Å². The lowest BCUT2D eigenvalue weighted by atomic mass is 10.2. The summed E-state index contributed by atoms with van der Waals surface area (Å²) in [6, 6.07) is 2.67. The molecule has 1 aromatic rings. The Morgan fingerprint density at radius 2 is 2.17 bits per heavy atom. The van der Waals surface area contributed by atoms with Crippen LogP contribution in [0.25, 0.3) is 0 Å². The fourth-order valence-corrected chi connectivity index (χ4v) is 3.50. The standard InChI is InChI=1S/C14H19N3O5S/c1-14(2,3)22-13(18)16-7-6-11(9-16)23(21)12-5-4-10(8-15-12)17(19)20/h4-5,8,11H,6-7,9H2,1-3H3/t11-,23+/m1/s1. The van der Waals surface area contributed by atoms with E-state index in [-0.39, 0.29) is 16.0 Å². The summed E-state index contributed by atoms with van der Waals surface area (Å²) in [4.78, 5) is 27.5. The van der Waals surface area contributed by atoms with E-state index in [2.05, 4.69) is 4.98 Å². The first-order valence-electron chi connectivity index (χ1n) is 7.16. The number of aromatic nitrogens is 1. The Labute approximate surface area is 136 Å². The van der Waals surface area contributed by atoms with Crippen molar-refractivity contribution in [1.29, 1.82) is 0 Å². The van der Waals surface area contributed by atoms with Crippen LogP contribution in [-0.4, -0.2) is 49.0 Å². The highest BCUT2D eigenvalue weighted by Crippen LogP contribution is 2.22. The normalized spacial score (nSPS) is 19.4. The van der Waals surface area contributed by atoms with Crippen molar-refractivity contribution in [3.05, 3.63) is 28.4 Å². The molecule has 1 fully saturated rings. The molecule has 23 heavy (non-hydrogen) atoms. The number of carbonyl (C=O) groups excluding carboxylic acids is 1. The van der Waals surface area contributed by atoms with Crippen molar-refractivity contribution in [3.63, 3.8) is 0 Å². The highest BCUT2D eigenvalue weighted by molar-refractivity contribution is 7.85. The second-order valence-electron chi connectivity index (χ2n) is 6.25. The number of hydrogen-bond acceptors (Lipinski definition) is 6. The summed E-state index contributed by atoms with van der Waals surface area (Å²) >= 11 is 0. The molecule has 9 heteroatoms. The molecule has 0 spiro atoms.